The maximum Gasteiger partial charge on any atom is 0.246 e. The van der Waals surface area contributed by atoms with Crippen LogP contribution in [-0.4, -0.2) is 50.6 Å². The van der Waals surface area contributed by atoms with Crippen molar-refractivity contribution in [3.05, 3.63) is 66.2 Å². The van der Waals surface area contributed by atoms with Crippen LogP contribution in [0.2, 0.25) is 0 Å². The van der Waals surface area contributed by atoms with Gasteiger partial charge in [0.1, 0.15) is 6.04 Å². The molecule has 2 aromatic carbocycles. The molecule has 0 aromatic heterocycles. The van der Waals surface area contributed by atoms with Gasteiger partial charge in [0.2, 0.25) is 11.8 Å². The van der Waals surface area contributed by atoms with E-state index in [9.17, 15) is 9.59 Å². The first-order valence-corrected chi connectivity index (χ1v) is 8.48. The number of hydrogen-bond acceptors (Lipinski definition) is 4. The predicted molar refractivity (Wildman–Crippen MR) is 102 cm³/mol. The summed E-state index contributed by atoms with van der Waals surface area (Å²) in [5, 5.41) is 5.69. The average Bonchev–Trinajstić information content (AvgIpc) is 2.64. The third-order valence-corrected chi connectivity index (χ3v) is 3.87. The largest absolute Gasteiger partial charge is 0.383 e. The number of likely N-dealkylation sites (N-methyl/N-ethyl adjacent to an activating group) is 1. The van der Waals surface area contributed by atoms with Crippen molar-refractivity contribution in [2.75, 3.05) is 39.2 Å². The third kappa shape index (κ3) is 5.98. The van der Waals surface area contributed by atoms with Gasteiger partial charge in [-0.15, -0.1) is 0 Å². The molecule has 2 rings (SSSR count). The average molecular weight is 355 g/mol. The molecule has 1 atom stereocenters. The Hall–Kier alpha value is -2.70. The van der Waals surface area contributed by atoms with Gasteiger partial charge in [0, 0.05) is 19.3 Å². The first-order valence-electron chi connectivity index (χ1n) is 8.48. The second kappa shape index (κ2) is 10.3. The maximum atomic E-state index is 12.9. The molecule has 0 saturated carbocycles. The van der Waals surface area contributed by atoms with Crippen LogP contribution in [0.1, 0.15) is 11.6 Å². The second-order valence-corrected chi connectivity index (χ2v) is 5.93. The molecule has 6 heteroatoms. The van der Waals surface area contributed by atoms with Gasteiger partial charge in [-0.05, 0) is 24.7 Å². The summed E-state index contributed by atoms with van der Waals surface area (Å²) >= 11 is 0. The third-order valence-electron chi connectivity index (χ3n) is 3.87. The van der Waals surface area contributed by atoms with Gasteiger partial charge < -0.3 is 15.4 Å². The highest BCUT2D eigenvalue weighted by atomic mass is 16.5. The number of nitrogens with one attached hydrogen (secondary N) is 2. The SMILES string of the molecule is COCCNC(=O)CN(C)C(C(=O)Nc1ccccc1)c1ccccc1. The molecule has 0 saturated heterocycles. The summed E-state index contributed by atoms with van der Waals surface area (Å²) in [4.78, 5) is 26.7. The van der Waals surface area contributed by atoms with Crippen molar-refractivity contribution in [3.8, 4) is 0 Å². The zero-order valence-corrected chi connectivity index (χ0v) is 15.1. The Morgan fingerprint density at radius 3 is 2.27 bits per heavy atom. The van der Waals surface area contributed by atoms with Crippen molar-refractivity contribution in [2.24, 2.45) is 0 Å². The molecule has 1 unspecified atom stereocenters. The van der Waals surface area contributed by atoms with Gasteiger partial charge in [-0.1, -0.05) is 48.5 Å². The van der Waals surface area contributed by atoms with Crippen LogP contribution in [0.5, 0.6) is 0 Å². The van der Waals surface area contributed by atoms with Gasteiger partial charge in [-0.3, -0.25) is 14.5 Å². The Balaban J connectivity index is 2.10. The summed E-state index contributed by atoms with van der Waals surface area (Å²) in [6, 6.07) is 18.1. The summed E-state index contributed by atoms with van der Waals surface area (Å²) in [7, 11) is 3.34. The number of rotatable bonds is 9. The second-order valence-electron chi connectivity index (χ2n) is 5.93. The zero-order chi connectivity index (χ0) is 18.8. The van der Waals surface area contributed by atoms with E-state index < -0.39 is 6.04 Å². The fraction of sp³-hybridized carbons (Fsp3) is 0.300. The molecule has 0 bridgehead atoms. The monoisotopic (exact) mass is 355 g/mol. The lowest BCUT2D eigenvalue weighted by Crippen LogP contribution is -2.42. The van der Waals surface area contributed by atoms with E-state index in [0.29, 0.717) is 13.2 Å². The van der Waals surface area contributed by atoms with E-state index in [1.165, 1.54) is 0 Å². The summed E-state index contributed by atoms with van der Waals surface area (Å²) in [5.41, 5.74) is 1.55. The van der Waals surface area contributed by atoms with Crippen molar-refractivity contribution < 1.29 is 14.3 Å². The smallest absolute Gasteiger partial charge is 0.246 e. The number of ether oxygens (including phenoxy) is 1. The van der Waals surface area contributed by atoms with E-state index in [1.54, 1.807) is 19.1 Å². The fourth-order valence-electron chi connectivity index (χ4n) is 2.64. The number of carbonyl (C=O) groups excluding carboxylic acids is 2. The van der Waals surface area contributed by atoms with Crippen LogP contribution in [0.15, 0.2) is 60.7 Å². The molecule has 2 amide bonds. The normalized spacial score (nSPS) is 11.8. The molecule has 6 nitrogen and oxygen atoms in total. The van der Waals surface area contributed by atoms with Gasteiger partial charge in [0.25, 0.3) is 0 Å². The lowest BCUT2D eigenvalue weighted by atomic mass is 10.0. The topological polar surface area (TPSA) is 70.7 Å². The Kier molecular flexibility index (Phi) is 7.79. The lowest BCUT2D eigenvalue weighted by molar-refractivity contribution is -0.125. The van der Waals surface area contributed by atoms with E-state index in [0.717, 1.165) is 11.3 Å². The Bertz CT molecular complexity index is 692. The first-order chi connectivity index (χ1) is 12.6. The Morgan fingerprint density at radius 1 is 1.04 bits per heavy atom. The highest BCUT2D eigenvalue weighted by molar-refractivity contribution is 5.95. The molecule has 0 aliphatic heterocycles. The summed E-state index contributed by atoms with van der Waals surface area (Å²) < 4.78 is 4.93. The number of carbonyl (C=O) groups is 2. The summed E-state index contributed by atoms with van der Waals surface area (Å²) in [6.07, 6.45) is 0. The number of para-hydroxylation sites is 1. The predicted octanol–water partition coefficient (Wildman–Crippen LogP) is 2.06. The summed E-state index contributed by atoms with van der Waals surface area (Å²) in [6.45, 7) is 0.993. The minimum Gasteiger partial charge on any atom is -0.383 e. The van der Waals surface area contributed by atoms with Crippen LogP contribution in [0, 0.1) is 0 Å². The van der Waals surface area contributed by atoms with Crippen molar-refractivity contribution in [3.63, 3.8) is 0 Å². The molecule has 0 fully saturated rings. The molecule has 0 radical (unpaired) electrons. The van der Waals surface area contributed by atoms with Crippen molar-refractivity contribution in [1.29, 1.82) is 0 Å². The van der Waals surface area contributed by atoms with Gasteiger partial charge in [-0.2, -0.15) is 0 Å². The standard InChI is InChI=1S/C20H25N3O3/c1-23(15-18(24)21-13-14-26-2)19(16-9-5-3-6-10-16)20(25)22-17-11-7-4-8-12-17/h3-12,19H,13-15H2,1-2H3,(H,21,24)(H,22,25). The van der Waals surface area contributed by atoms with Gasteiger partial charge in [0.05, 0.1) is 13.2 Å². The lowest BCUT2D eigenvalue weighted by Gasteiger charge is -2.27. The Labute approximate surface area is 154 Å². The van der Waals surface area contributed by atoms with E-state index in [4.69, 9.17) is 4.74 Å². The number of benzene rings is 2. The van der Waals surface area contributed by atoms with Gasteiger partial charge in [-0.25, -0.2) is 0 Å². The Morgan fingerprint density at radius 2 is 1.65 bits per heavy atom. The first kappa shape index (κ1) is 19.6. The number of methoxy groups -OCH3 is 1. The highest BCUT2D eigenvalue weighted by Gasteiger charge is 2.26. The highest BCUT2D eigenvalue weighted by Crippen LogP contribution is 2.21. The molecular formula is C20H25N3O3. The molecule has 0 aliphatic rings. The molecular weight excluding hydrogens is 330 g/mol. The minimum absolute atomic E-state index is 0.103. The van der Waals surface area contributed by atoms with Crippen LogP contribution in [0.4, 0.5) is 5.69 Å². The van der Waals surface area contributed by atoms with Crippen LogP contribution in [0.25, 0.3) is 0 Å². The number of anilines is 1. The molecule has 2 aromatic rings. The van der Waals surface area contributed by atoms with Gasteiger partial charge in [0.15, 0.2) is 0 Å². The van der Waals surface area contributed by atoms with E-state index in [-0.39, 0.29) is 18.4 Å². The molecule has 0 spiro atoms. The summed E-state index contributed by atoms with van der Waals surface area (Å²) in [5.74, 6) is -0.340. The van der Waals surface area contributed by atoms with Crippen LogP contribution >= 0.6 is 0 Å². The molecule has 0 heterocycles. The number of amides is 2. The number of nitrogens with zero attached hydrogens (tertiary/aromatic N) is 1. The maximum absolute atomic E-state index is 12.9. The minimum atomic E-state index is -0.579. The molecule has 138 valence electrons. The molecule has 26 heavy (non-hydrogen) atoms. The fourth-order valence-corrected chi connectivity index (χ4v) is 2.64. The van der Waals surface area contributed by atoms with Crippen molar-refractivity contribution in [1.82, 2.24) is 10.2 Å². The zero-order valence-electron chi connectivity index (χ0n) is 15.1. The van der Waals surface area contributed by atoms with E-state index in [2.05, 4.69) is 10.6 Å². The number of hydrogen-bond donors (Lipinski definition) is 2. The van der Waals surface area contributed by atoms with Crippen molar-refractivity contribution >= 4 is 17.5 Å². The van der Waals surface area contributed by atoms with Crippen molar-refractivity contribution in [2.45, 2.75) is 6.04 Å². The van der Waals surface area contributed by atoms with Gasteiger partial charge >= 0.3 is 0 Å². The van der Waals surface area contributed by atoms with E-state index in [1.807, 2.05) is 60.7 Å². The molecule has 0 aliphatic carbocycles. The van der Waals surface area contributed by atoms with Crippen LogP contribution in [-0.2, 0) is 14.3 Å². The molecule has 2 N–H and O–H groups in total. The quantitative estimate of drug-likeness (QED) is 0.676. The van der Waals surface area contributed by atoms with E-state index >= 15 is 0 Å². The van der Waals surface area contributed by atoms with Crippen LogP contribution < -0.4 is 10.6 Å². The van der Waals surface area contributed by atoms with Crippen LogP contribution in [0.3, 0.4) is 0 Å².